The molecule has 0 aromatic carbocycles. The second-order valence-electron chi connectivity index (χ2n) is 6.67. The summed E-state index contributed by atoms with van der Waals surface area (Å²) in [6.07, 6.45) is 4.87. The van der Waals surface area contributed by atoms with Gasteiger partial charge in [0.15, 0.2) is 0 Å². The van der Waals surface area contributed by atoms with Crippen LogP contribution in [-0.4, -0.2) is 47.8 Å². The van der Waals surface area contributed by atoms with Crippen molar-refractivity contribution in [2.45, 2.75) is 65.0 Å². The molecule has 1 heterocycles. The molecule has 3 heteroatoms. The van der Waals surface area contributed by atoms with Gasteiger partial charge in [-0.15, -0.1) is 0 Å². The van der Waals surface area contributed by atoms with Crippen LogP contribution >= 0.6 is 0 Å². The van der Waals surface area contributed by atoms with Gasteiger partial charge < -0.3 is 15.3 Å². The Bertz CT molecular complexity index is 233. The zero-order valence-electron chi connectivity index (χ0n) is 12.7. The fourth-order valence-corrected chi connectivity index (χ4v) is 2.97. The van der Waals surface area contributed by atoms with E-state index in [-0.39, 0.29) is 12.1 Å². The molecule has 1 saturated heterocycles. The molecule has 0 aliphatic carbocycles. The first-order chi connectivity index (χ1) is 8.45. The van der Waals surface area contributed by atoms with E-state index in [0.29, 0.717) is 6.04 Å². The highest BCUT2D eigenvalue weighted by Crippen LogP contribution is 2.18. The van der Waals surface area contributed by atoms with Crippen LogP contribution in [0.1, 0.15) is 53.4 Å². The van der Waals surface area contributed by atoms with Gasteiger partial charge in [0.2, 0.25) is 0 Å². The van der Waals surface area contributed by atoms with Gasteiger partial charge in [0.1, 0.15) is 0 Å². The number of hydrogen-bond acceptors (Lipinski definition) is 3. The summed E-state index contributed by atoms with van der Waals surface area (Å²) in [6.45, 7) is 12.8. The van der Waals surface area contributed by atoms with Gasteiger partial charge in [-0.05, 0) is 45.2 Å². The van der Waals surface area contributed by atoms with Crippen molar-refractivity contribution < 1.29 is 5.11 Å². The first-order valence-corrected chi connectivity index (χ1v) is 7.56. The van der Waals surface area contributed by atoms with E-state index >= 15 is 0 Å². The second kappa shape index (κ2) is 7.46. The molecular formula is C15H32N2O. The predicted octanol–water partition coefficient (Wildman–Crippen LogP) is 2.25. The van der Waals surface area contributed by atoms with E-state index in [0.717, 1.165) is 12.3 Å². The summed E-state index contributed by atoms with van der Waals surface area (Å²) >= 11 is 0. The van der Waals surface area contributed by atoms with Crippen molar-refractivity contribution in [3.63, 3.8) is 0 Å². The highest BCUT2D eigenvalue weighted by molar-refractivity contribution is 4.84. The molecule has 0 aromatic heterocycles. The minimum absolute atomic E-state index is 0.105. The van der Waals surface area contributed by atoms with E-state index in [9.17, 15) is 5.11 Å². The molecule has 0 aromatic rings. The molecule has 0 radical (unpaired) electrons. The maximum Gasteiger partial charge on any atom is 0.0610 e. The van der Waals surface area contributed by atoms with Crippen molar-refractivity contribution >= 4 is 0 Å². The third-order valence-corrected chi connectivity index (χ3v) is 3.95. The fraction of sp³-hybridized carbons (Fsp3) is 1.00. The van der Waals surface area contributed by atoms with E-state index in [2.05, 4.69) is 37.9 Å². The molecule has 2 atom stereocenters. The van der Waals surface area contributed by atoms with Crippen LogP contribution in [0.4, 0.5) is 0 Å². The quantitative estimate of drug-likeness (QED) is 0.654. The number of aliphatic hydroxyl groups is 1. The topological polar surface area (TPSA) is 35.5 Å². The van der Waals surface area contributed by atoms with Gasteiger partial charge in [0.25, 0.3) is 0 Å². The summed E-state index contributed by atoms with van der Waals surface area (Å²) in [5.74, 6) is 0.885. The predicted molar refractivity (Wildman–Crippen MR) is 77.8 cm³/mol. The summed E-state index contributed by atoms with van der Waals surface area (Å²) in [5, 5.41) is 13.0. The summed E-state index contributed by atoms with van der Waals surface area (Å²) in [4.78, 5) is 2.58. The average Bonchev–Trinajstić information content (AvgIpc) is 2.70. The van der Waals surface area contributed by atoms with Crippen LogP contribution in [0, 0.1) is 5.92 Å². The highest BCUT2D eigenvalue weighted by Gasteiger charge is 2.23. The third kappa shape index (κ3) is 5.68. The molecule has 1 aliphatic heterocycles. The van der Waals surface area contributed by atoms with Crippen molar-refractivity contribution in [1.29, 1.82) is 0 Å². The Labute approximate surface area is 113 Å². The van der Waals surface area contributed by atoms with Gasteiger partial charge in [-0.25, -0.2) is 0 Å². The van der Waals surface area contributed by atoms with Gasteiger partial charge in [0, 0.05) is 18.1 Å². The van der Waals surface area contributed by atoms with Crippen LogP contribution in [0.5, 0.6) is 0 Å². The van der Waals surface area contributed by atoms with Crippen LogP contribution in [0.25, 0.3) is 0 Å². The molecule has 1 aliphatic rings. The van der Waals surface area contributed by atoms with Crippen molar-refractivity contribution in [1.82, 2.24) is 10.2 Å². The third-order valence-electron chi connectivity index (χ3n) is 3.95. The molecular weight excluding hydrogens is 224 g/mol. The van der Waals surface area contributed by atoms with E-state index < -0.39 is 0 Å². The Morgan fingerprint density at radius 1 is 1.39 bits per heavy atom. The minimum atomic E-state index is -0.105. The normalized spacial score (nSPS) is 24.7. The van der Waals surface area contributed by atoms with Gasteiger partial charge in [-0.2, -0.15) is 0 Å². The lowest BCUT2D eigenvalue weighted by atomic mass is 9.95. The number of nitrogens with one attached hydrogen (secondary N) is 1. The largest absolute Gasteiger partial charge is 0.394 e. The lowest BCUT2D eigenvalue weighted by Crippen LogP contribution is -2.49. The summed E-state index contributed by atoms with van der Waals surface area (Å²) < 4.78 is 0. The first kappa shape index (κ1) is 15.9. The van der Waals surface area contributed by atoms with Gasteiger partial charge in [-0.1, -0.05) is 27.2 Å². The van der Waals surface area contributed by atoms with E-state index in [1.807, 2.05) is 0 Å². The molecule has 108 valence electrons. The van der Waals surface area contributed by atoms with Crippen molar-refractivity contribution in [3.8, 4) is 0 Å². The second-order valence-corrected chi connectivity index (χ2v) is 6.67. The maximum absolute atomic E-state index is 9.51. The lowest BCUT2D eigenvalue weighted by molar-refractivity contribution is 0.152. The maximum atomic E-state index is 9.51. The average molecular weight is 256 g/mol. The number of rotatable bonds is 8. The molecule has 0 bridgehead atoms. The van der Waals surface area contributed by atoms with Crippen LogP contribution in [-0.2, 0) is 0 Å². The molecule has 1 rings (SSSR count). The van der Waals surface area contributed by atoms with Crippen LogP contribution in [0.2, 0.25) is 0 Å². The monoisotopic (exact) mass is 256 g/mol. The highest BCUT2D eigenvalue weighted by atomic mass is 16.3. The Kier molecular flexibility index (Phi) is 6.61. The zero-order valence-corrected chi connectivity index (χ0v) is 12.7. The van der Waals surface area contributed by atoms with Crippen LogP contribution in [0.3, 0.4) is 0 Å². The first-order valence-electron chi connectivity index (χ1n) is 7.56. The van der Waals surface area contributed by atoms with Crippen molar-refractivity contribution in [2.75, 3.05) is 26.2 Å². The Morgan fingerprint density at radius 3 is 2.61 bits per heavy atom. The van der Waals surface area contributed by atoms with E-state index in [1.165, 1.54) is 38.9 Å². The summed E-state index contributed by atoms with van der Waals surface area (Å²) in [5.41, 5.74) is -0.105. The zero-order chi connectivity index (χ0) is 13.6. The van der Waals surface area contributed by atoms with Gasteiger partial charge in [0.05, 0.1) is 6.61 Å². The molecule has 1 fully saturated rings. The number of unbranched alkanes of at least 4 members (excludes halogenated alkanes) is 1. The fourth-order valence-electron chi connectivity index (χ4n) is 2.97. The summed E-state index contributed by atoms with van der Waals surface area (Å²) in [6, 6.07) is 0.432. The Balaban J connectivity index is 2.15. The molecule has 0 spiro atoms. The molecule has 0 saturated carbocycles. The number of nitrogens with zero attached hydrogens (tertiary/aromatic N) is 1. The van der Waals surface area contributed by atoms with E-state index in [4.69, 9.17) is 0 Å². The number of hydrogen-bond donors (Lipinski definition) is 2. The molecule has 2 unspecified atom stereocenters. The Hall–Kier alpha value is -0.120. The lowest BCUT2D eigenvalue weighted by Gasteiger charge is -2.31. The van der Waals surface area contributed by atoms with Gasteiger partial charge in [-0.3, -0.25) is 0 Å². The molecule has 18 heavy (non-hydrogen) atoms. The SMILES string of the molecule is CC1CCN(CCCCC(C)(CO)NC(C)C)C1. The van der Waals surface area contributed by atoms with Crippen LogP contribution < -0.4 is 5.32 Å². The number of aliphatic hydroxyl groups excluding tert-OH is 1. The van der Waals surface area contributed by atoms with Gasteiger partial charge >= 0.3 is 0 Å². The molecule has 0 amide bonds. The standard InChI is InChI=1S/C15H32N2O/c1-13(2)16-15(4,12-18)8-5-6-9-17-10-7-14(3)11-17/h13-14,16,18H,5-12H2,1-4H3. The molecule has 2 N–H and O–H groups in total. The smallest absolute Gasteiger partial charge is 0.0610 e. The number of likely N-dealkylation sites (tertiary alicyclic amines) is 1. The molecule has 3 nitrogen and oxygen atoms in total. The Morgan fingerprint density at radius 2 is 2.11 bits per heavy atom. The summed E-state index contributed by atoms with van der Waals surface area (Å²) in [7, 11) is 0. The van der Waals surface area contributed by atoms with E-state index in [1.54, 1.807) is 0 Å². The minimum Gasteiger partial charge on any atom is -0.394 e. The van der Waals surface area contributed by atoms with Crippen molar-refractivity contribution in [2.24, 2.45) is 5.92 Å². The van der Waals surface area contributed by atoms with Crippen molar-refractivity contribution in [3.05, 3.63) is 0 Å². The van der Waals surface area contributed by atoms with Crippen LogP contribution in [0.15, 0.2) is 0 Å².